The van der Waals surface area contributed by atoms with Gasteiger partial charge < -0.3 is 15.0 Å². The number of rotatable bonds is 5. The second-order valence-corrected chi connectivity index (χ2v) is 4.75. The standard InChI is InChI=1S/C16H16N2O4/c1-10(19)12-5-7-13(8-6-12)18-15(20)11(2)22-16(21)14-4-3-9-17-14/h3-9,11,17H,1-2H3,(H,18,20)/t11-/m1/s1. The highest BCUT2D eigenvalue weighted by molar-refractivity contribution is 5.98. The Labute approximate surface area is 127 Å². The van der Waals surface area contributed by atoms with Gasteiger partial charge in [-0.1, -0.05) is 0 Å². The summed E-state index contributed by atoms with van der Waals surface area (Å²) in [4.78, 5) is 37.6. The van der Waals surface area contributed by atoms with Crippen LogP contribution in [-0.2, 0) is 9.53 Å². The molecule has 0 bridgehead atoms. The van der Waals surface area contributed by atoms with Crippen molar-refractivity contribution in [2.45, 2.75) is 20.0 Å². The molecule has 6 nitrogen and oxygen atoms in total. The van der Waals surface area contributed by atoms with Gasteiger partial charge in [0.05, 0.1) is 0 Å². The zero-order chi connectivity index (χ0) is 16.1. The molecule has 0 spiro atoms. The van der Waals surface area contributed by atoms with E-state index in [0.717, 1.165) is 0 Å². The average Bonchev–Trinajstić information content (AvgIpc) is 3.02. The van der Waals surface area contributed by atoms with Gasteiger partial charge in [0.15, 0.2) is 11.9 Å². The summed E-state index contributed by atoms with van der Waals surface area (Å²) >= 11 is 0. The van der Waals surface area contributed by atoms with Crippen molar-refractivity contribution in [3.8, 4) is 0 Å². The first-order chi connectivity index (χ1) is 10.5. The van der Waals surface area contributed by atoms with Gasteiger partial charge in [-0.05, 0) is 50.2 Å². The van der Waals surface area contributed by atoms with Crippen molar-refractivity contribution in [2.24, 2.45) is 0 Å². The molecule has 0 fully saturated rings. The Morgan fingerprint density at radius 3 is 2.36 bits per heavy atom. The second kappa shape index (κ2) is 6.71. The van der Waals surface area contributed by atoms with E-state index >= 15 is 0 Å². The van der Waals surface area contributed by atoms with Gasteiger partial charge in [-0.15, -0.1) is 0 Å². The molecule has 1 aromatic carbocycles. The van der Waals surface area contributed by atoms with Gasteiger partial charge >= 0.3 is 5.97 Å². The lowest BCUT2D eigenvalue weighted by molar-refractivity contribution is -0.123. The largest absolute Gasteiger partial charge is 0.448 e. The first-order valence-electron chi connectivity index (χ1n) is 6.73. The fourth-order valence-corrected chi connectivity index (χ4v) is 1.77. The van der Waals surface area contributed by atoms with Crippen LogP contribution in [0, 0.1) is 0 Å². The average molecular weight is 300 g/mol. The van der Waals surface area contributed by atoms with Crippen LogP contribution in [0.5, 0.6) is 0 Å². The molecule has 1 atom stereocenters. The molecule has 0 radical (unpaired) electrons. The molecule has 2 aromatic rings. The zero-order valence-corrected chi connectivity index (χ0v) is 12.3. The van der Waals surface area contributed by atoms with Crippen molar-refractivity contribution in [1.82, 2.24) is 4.98 Å². The number of hydrogen-bond acceptors (Lipinski definition) is 4. The predicted octanol–water partition coefficient (Wildman–Crippen LogP) is 2.40. The van der Waals surface area contributed by atoms with E-state index in [1.807, 2.05) is 0 Å². The number of benzene rings is 1. The predicted molar refractivity (Wildman–Crippen MR) is 80.7 cm³/mol. The molecule has 114 valence electrons. The SMILES string of the molecule is CC(=O)c1ccc(NC(=O)[C@@H](C)OC(=O)c2ccc[nH]2)cc1. The summed E-state index contributed by atoms with van der Waals surface area (Å²) in [6, 6.07) is 9.70. The summed E-state index contributed by atoms with van der Waals surface area (Å²) in [6.45, 7) is 2.95. The maximum Gasteiger partial charge on any atom is 0.355 e. The number of aromatic nitrogens is 1. The van der Waals surface area contributed by atoms with E-state index in [4.69, 9.17) is 4.74 Å². The van der Waals surface area contributed by atoms with Crippen molar-refractivity contribution in [3.63, 3.8) is 0 Å². The minimum atomic E-state index is -0.941. The third-order valence-corrected chi connectivity index (χ3v) is 3.03. The number of Topliss-reactive ketones (excluding diaryl/α,β-unsaturated/α-hetero) is 1. The molecule has 2 rings (SSSR count). The molecular weight excluding hydrogens is 284 g/mol. The Hall–Kier alpha value is -2.89. The highest BCUT2D eigenvalue weighted by Gasteiger charge is 2.19. The minimum Gasteiger partial charge on any atom is -0.448 e. The van der Waals surface area contributed by atoms with Crippen LogP contribution >= 0.6 is 0 Å². The summed E-state index contributed by atoms with van der Waals surface area (Å²) in [5.41, 5.74) is 1.37. The summed E-state index contributed by atoms with van der Waals surface area (Å²) in [7, 11) is 0. The van der Waals surface area contributed by atoms with Gasteiger partial charge in [-0.25, -0.2) is 4.79 Å². The third kappa shape index (κ3) is 3.82. The molecule has 2 N–H and O–H groups in total. The molecule has 0 saturated carbocycles. The molecule has 0 unspecified atom stereocenters. The van der Waals surface area contributed by atoms with Gasteiger partial charge in [0, 0.05) is 17.4 Å². The summed E-state index contributed by atoms with van der Waals surface area (Å²) in [5.74, 6) is -1.10. The van der Waals surface area contributed by atoms with E-state index in [-0.39, 0.29) is 11.5 Å². The van der Waals surface area contributed by atoms with Crippen LogP contribution < -0.4 is 5.32 Å². The first-order valence-corrected chi connectivity index (χ1v) is 6.73. The highest BCUT2D eigenvalue weighted by atomic mass is 16.5. The quantitative estimate of drug-likeness (QED) is 0.655. The van der Waals surface area contributed by atoms with E-state index in [1.54, 1.807) is 42.6 Å². The van der Waals surface area contributed by atoms with Crippen LogP contribution in [-0.4, -0.2) is 28.7 Å². The Bertz CT molecular complexity index is 675. The third-order valence-electron chi connectivity index (χ3n) is 3.03. The maximum absolute atomic E-state index is 12.0. The Balaban J connectivity index is 1.93. The van der Waals surface area contributed by atoms with Gasteiger partial charge in [0.25, 0.3) is 5.91 Å². The van der Waals surface area contributed by atoms with E-state index in [1.165, 1.54) is 13.8 Å². The van der Waals surface area contributed by atoms with Crippen LogP contribution in [0.15, 0.2) is 42.6 Å². The number of nitrogens with one attached hydrogen (secondary N) is 2. The van der Waals surface area contributed by atoms with Crippen LogP contribution in [0.3, 0.4) is 0 Å². The number of amides is 1. The van der Waals surface area contributed by atoms with E-state index < -0.39 is 18.0 Å². The smallest absolute Gasteiger partial charge is 0.355 e. The number of H-pyrrole nitrogens is 1. The molecule has 0 aliphatic carbocycles. The molecule has 1 heterocycles. The van der Waals surface area contributed by atoms with Crippen molar-refractivity contribution in [2.75, 3.05) is 5.32 Å². The molecule has 1 aromatic heterocycles. The number of hydrogen-bond donors (Lipinski definition) is 2. The van der Waals surface area contributed by atoms with E-state index in [0.29, 0.717) is 11.3 Å². The highest BCUT2D eigenvalue weighted by Crippen LogP contribution is 2.11. The minimum absolute atomic E-state index is 0.0499. The molecule has 0 aliphatic heterocycles. The lowest BCUT2D eigenvalue weighted by atomic mass is 10.1. The van der Waals surface area contributed by atoms with Crippen LogP contribution in [0.2, 0.25) is 0 Å². The monoisotopic (exact) mass is 300 g/mol. The van der Waals surface area contributed by atoms with E-state index in [9.17, 15) is 14.4 Å². The summed E-state index contributed by atoms with van der Waals surface area (Å²) < 4.78 is 5.05. The molecule has 0 saturated heterocycles. The fraction of sp³-hybridized carbons (Fsp3) is 0.188. The van der Waals surface area contributed by atoms with Crippen LogP contribution in [0.1, 0.15) is 34.7 Å². The van der Waals surface area contributed by atoms with Gasteiger partial charge in [-0.3, -0.25) is 9.59 Å². The molecule has 1 amide bonds. The molecular formula is C16H16N2O4. The topological polar surface area (TPSA) is 88.3 Å². The van der Waals surface area contributed by atoms with Crippen molar-refractivity contribution in [3.05, 3.63) is 53.9 Å². The normalized spacial score (nSPS) is 11.5. The molecule has 0 aliphatic rings. The fourth-order valence-electron chi connectivity index (χ4n) is 1.77. The van der Waals surface area contributed by atoms with Gasteiger partial charge in [0.1, 0.15) is 5.69 Å². The lowest BCUT2D eigenvalue weighted by Crippen LogP contribution is -2.30. The zero-order valence-electron chi connectivity index (χ0n) is 12.3. The van der Waals surface area contributed by atoms with Crippen LogP contribution in [0.25, 0.3) is 0 Å². The summed E-state index contributed by atoms with van der Waals surface area (Å²) in [5, 5.41) is 2.62. The number of anilines is 1. The lowest BCUT2D eigenvalue weighted by Gasteiger charge is -2.13. The van der Waals surface area contributed by atoms with Gasteiger partial charge in [0.2, 0.25) is 0 Å². The Morgan fingerprint density at radius 2 is 1.82 bits per heavy atom. The number of aromatic amines is 1. The van der Waals surface area contributed by atoms with Crippen LogP contribution in [0.4, 0.5) is 5.69 Å². The molecule has 22 heavy (non-hydrogen) atoms. The molecule has 6 heteroatoms. The van der Waals surface area contributed by atoms with Crippen molar-refractivity contribution >= 4 is 23.3 Å². The number of ether oxygens (including phenoxy) is 1. The Morgan fingerprint density at radius 1 is 1.14 bits per heavy atom. The number of esters is 1. The number of carbonyl (C=O) groups excluding carboxylic acids is 3. The Kier molecular flexibility index (Phi) is 4.73. The first kappa shape index (κ1) is 15.5. The van der Waals surface area contributed by atoms with Gasteiger partial charge in [-0.2, -0.15) is 0 Å². The maximum atomic E-state index is 12.0. The number of carbonyl (C=O) groups is 3. The van der Waals surface area contributed by atoms with Crippen molar-refractivity contribution < 1.29 is 19.1 Å². The van der Waals surface area contributed by atoms with Crippen molar-refractivity contribution in [1.29, 1.82) is 0 Å². The number of ketones is 1. The second-order valence-electron chi connectivity index (χ2n) is 4.75. The summed E-state index contributed by atoms with van der Waals surface area (Å²) in [6.07, 6.45) is 0.654. The van der Waals surface area contributed by atoms with E-state index in [2.05, 4.69) is 10.3 Å².